The van der Waals surface area contributed by atoms with E-state index in [1.807, 2.05) is 0 Å². The molecule has 2 fully saturated rings. The molecule has 2 heterocycles. The Labute approximate surface area is 95.7 Å². The van der Waals surface area contributed by atoms with E-state index >= 15 is 0 Å². The monoisotopic (exact) mass is 228 g/mol. The van der Waals surface area contributed by atoms with Gasteiger partial charge in [-0.25, -0.2) is 0 Å². The highest BCUT2D eigenvalue weighted by Crippen LogP contribution is 2.29. The number of carbonyl (C=O) groups excluding carboxylic acids is 1. The van der Waals surface area contributed by atoms with Crippen molar-refractivity contribution >= 4 is 5.91 Å². The van der Waals surface area contributed by atoms with Crippen LogP contribution < -0.4 is 11.1 Å². The van der Waals surface area contributed by atoms with Gasteiger partial charge in [0.25, 0.3) is 0 Å². The molecule has 5 heteroatoms. The van der Waals surface area contributed by atoms with Gasteiger partial charge in [0.2, 0.25) is 5.91 Å². The third kappa shape index (κ3) is 2.36. The molecule has 92 valence electrons. The second-order valence-corrected chi connectivity index (χ2v) is 4.63. The lowest BCUT2D eigenvalue weighted by Gasteiger charge is -2.35. The molecule has 0 aromatic carbocycles. The van der Waals surface area contributed by atoms with Gasteiger partial charge in [0.05, 0.1) is 18.1 Å². The lowest BCUT2D eigenvalue weighted by molar-refractivity contribution is -0.136. The van der Waals surface area contributed by atoms with Crippen LogP contribution in [-0.4, -0.2) is 44.9 Å². The van der Waals surface area contributed by atoms with Crippen LogP contribution in [0.5, 0.6) is 0 Å². The fourth-order valence-electron chi connectivity index (χ4n) is 2.27. The standard InChI is InChI=1S/C11H20N2O3/c12-8-11(2-5-15-6-3-11)10(14)13-9-1-4-16-7-9/h9H,1-8,12H2,(H,13,14). The molecular formula is C11H20N2O3. The number of ether oxygens (including phenoxy) is 2. The minimum absolute atomic E-state index is 0.0776. The summed E-state index contributed by atoms with van der Waals surface area (Å²) in [6.45, 7) is 3.03. The average Bonchev–Trinajstić information content (AvgIpc) is 2.82. The molecule has 5 nitrogen and oxygen atoms in total. The quantitative estimate of drug-likeness (QED) is 0.692. The van der Waals surface area contributed by atoms with Crippen LogP contribution in [0.2, 0.25) is 0 Å². The van der Waals surface area contributed by atoms with Gasteiger partial charge >= 0.3 is 0 Å². The van der Waals surface area contributed by atoms with Crippen molar-refractivity contribution < 1.29 is 14.3 Å². The Balaban J connectivity index is 1.94. The lowest BCUT2D eigenvalue weighted by Crippen LogP contribution is -2.51. The first kappa shape index (κ1) is 11.8. The van der Waals surface area contributed by atoms with Gasteiger partial charge in [0, 0.05) is 26.4 Å². The fraction of sp³-hybridized carbons (Fsp3) is 0.909. The van der Waals surface area contributed by atoms with Crippen molar-refractivity contribution in [3.63, 3.8) is 0 Å². The second-order valence-electron chi connectivity index (χ2n) is 4.63. The van der Waals surface area contributed by atoms with E-state index in [1.54, 1.807) is 0 Å². The first-order valence-electron chi connectivity index (χ1n) is 5.93. The lowest BCUT2D eigenvalue weighted by atomic mass is 9.79. The van der Waals surface area contributed by atoms with Gasteiger partial charge in [0.1, 0.15) is 0 Å². The summed E-state index contributed by atoms with van der Waals surface area (Å²) >= 11 is 0. The maximum absolute atomic E-state index is 12.2. The zero-order valence-electron chi connectivity index (χ0n) is 9.54. The SMILES string of the molecule is NCC1(C(=O)NC2CCOC2)CCOCC1. The zero-order chi connectivity index (χ0) is 11.4. The van der Waals surface area contributed by atoms with E-state index < -0.39 is 5.41 Å². The van der Waals surface area contributed by atoms with Gasteiger partial charge in [-0.2, -0.15) is 0 Å². The van der Waals surface area contributed by atoms with Crippen LogP contribution in [0.1, 0.15) is 19.3 Å². The Kier molecular flexibility index (Phi) is 3.78. The van der Waals surface area contributed by atoms with Crippen molar-refractivity contribution in [3.05, 3.63) is 0 Å². The summed E-state index contributed by atoms with van der Waals surface area (Å²) in [6.07, 6.45) is 2.36. The Bertz CT molecular complexity index is 246. The van der Waals surface area contributed by atoms with Crippen LogP contribution in [0.3, 0.4) is 0 Å². The number of carbonyl (C=O) groups is 1. The molecule has 2 saturated heterocycles. The molecule has 2 aliphatic rings. The van der Waals surface area contributed by atoms with Crippen LogP contribution in [0.25, 0.3) is 0 Å². The molecule has 0 aromatic rings. The summed E-state index contributed by atoms with van der Waals surface area (Å²) in [5.41, 5.74) is 5.35. The second kappa shape index (κ2) is 5.12. The van der Waals surface area contributed by atoms with Gasteiger partial charge in [-0.05, 0) is 19.3 Å². The van der Waals surface area contributed by atoms with E-state index in [-0.39, 0.29) is 11.9 Å². The molecule has 2 rings (SSSR count). The van der Waals surface area contributed by atoms with E-state index in [1.165, 1.54) is 0 Å². The van der Waals surface area contributed by atoms with E-state index in [9.17, 15) is 4.79 Å². The van der Waals surface area contributed by atoms with Crippen molar-refractivity contribution in [1.82, 2.24) is 5.32 Å². The number of rotatable bonds is 3. The van der Waals surface area contributed by atoms with E-state index in [0.29, 0.717) is 26.4 Å². The first-order chi connectivity index (χ1) is 7.77. The molecule has 0 spiro atoms. The van der Waals surface area contributed by atoms with Crippen LogP contribution in [0.15, 0.2) is 0 Å². The number of nitrogens with two attached hydrogens (primary N) is 1. The predicted molar refractivity (Wildman–Crippen MR) is 58.9 cm³/mol. The summed E-state index contributed by atoms with van der Waals surface area (Å²) in [7, 11) is 0. The number of hydrogen-bond acceptors (Lipinski definition) is 4. The highest BCUT2D eigenvalue weighted by molar-refractivity contribution is 5.83. The number of amides is 1. The Morgan fingerprint density at radius 1 is 1.31 bits per heavy atom. The molecule has 0 aliphatic carbocycles. The minimum atomic E-state index is -0.416. The summed E-state index contributed by atoms with van der Waals surface area (Å²) in [5.74, 6) is 0.0776. The summed E-state index contributed by atoms with van der Waals surface area (Å²) in [5, 5.41) is 3.04. The Morgan fingerprint density at radius 3 is 2.62 bits per heavy atom. The minimum Gasteiger partial charge on any atom is -0.381 e. The van der Waals surface area contributed by atoms with Gasteiger partial charge in [0.15, 0.2) is 0 Å². The van der Waals surface area contributed by atoms with E-state index in [2.05, 4.69) is 5.32 Å². The fourth-order valence-corrected chi connectivity index (χ4v) is 2.27. The van der Waals surface area contributed by atoms with E-state index in [4.69, 9.17) is 15.2 Å². The molecule has 1 amide bonds. The van der Waals surface area contributed by atoms with Gasteiger partial charge in [-0.15, -0.1) is 0 Å². The molecule has 0 bridgehead atoms. The number of hydrogen-bond donors (Lipinski definition) is 2. The van der Waals surface area contributed by atoms with Crippen LogP contribution >= 0.6 is 0 Å². The molecule has 3 N–H and O–H groups in total. The molecule has 1 atom stereocenters. The molecule has 2 aliphatic heterocycles. The summed E-state index contributed by atoms with van der Waals surface area (Å²) < 4.78 is 10.5. The van der Waals surface area contributed by atoms with Crippen molar-refractivity contribution in [2.45, 2.75) is 25.3 Å². The van der Waals surface area contributed by atoms with E-state index in [0.717, 1.165) is 25.9 Å². The maximum Gasteiger partial charge on any atom is 0.227 e. The van der Waals surface area contributed by atoms with Gasteiger partial charge < -0.3 is 20.5 Å². The van der Waals surface area contributed by atoms with Crippen molar-refractivity contribution in [3.8, 4) is 0 Å². The van der Waals surface area contributed by atoms with Crippen LogP contribution in [0, 0.1) is 5.41 Å². The Hall–Kier alpha value is -0.650. The predicted octanol–water partition coefficient (Wildman–Crippen LogP) is -0.353. The third-order valence-electron chi connectivity index (χ3n) is 3.59. The number of nitrogens with one attached hydrogen (secondary N) is 1. The topological polar surface area (TPSA) is 73.6 Å². The normalized spacial score (nSPS) is 28.9. The maximum atomic E-state index is 12.2. The van der Waals surface area contributed by atoms with Crippen molar-refractivity contribution in [2.75, 3.05) is 33.0 Å². The molecule has 0 radical (unpaired) electrons. The third-order valence-corrected chi connectivity index (χ3v) is 3.59. The summed E-state index contributed by atoms with van der Waals surface area (Å²) in [4.78, 5) is 12.2. The zero-order valence-corrected chi connectivity index (χ0v) is 9.54. The molecule has 16 heavy (non-hydrogen) atoms. The van der Waals surface area contributed by atoms with Crippen molar-refractivity contribution in [1.29, 1.82) is 0 Å². The largest absolute Gasteiger partial charge is 0.381 e. The highest BCUT2D eigenvalue weighted by Gasteiger charge is 2.39. The smallest absolute Gasteiger partial charge is 0.227 e. The molecule has 0 saturated carbocycles. The first-order valence-corrected chi connectivity index (χ1v) is 5.93. The van der Waals surface area contributed by atoms with Gasteiger partial charge in [-0.1, -0.05) is 0 Å². The Morgan fingerprint density at radius 2 is 2.06 bits per heavy atom. The van der Waals surface area contributed by atoms with Crippen molar-refractivity contribution in [2.24, 2.45) is 11.1 Å². The molecule has 0 aromatic heterocycles. The molecular weight excluding hydrogens is 208 g/mol. The van der Waals surface area contributed by atoms with Gasteiger partial charge in [-0.3, -0.25) is 4.79 Å². The summed E-state index contributed by atoms with van der Waals surface area (Å²) in [6, 6.07) is 0.166. The molecule has 1 unspecified atom stereocenters. The van der Waals surface area contributed by atoms with Crippen LogP contribution in [0.4, 0.5) is 0 Å². The highest BCUT2D eigenvalue weighted by atomic mass is 16.5. The van der Waals surface area contributed by atoms with Crippen LogP contribution in [-0.2, 0) is 14.3 Å². The average molecular weight is 228 g/mol.